The van der Waals surface area contributed by atoms with Gasteiger partial charge in [0.2, 0.25) is 0 Å². The number of Topliss-reactive ketones (excluding diaryl/α,β-unsaturated/α-hetero) is 1. The topological polar surface area (TPSA) is 61.8 Å². The van der Waals surface area contributed by atoms with Crippen molar-refractivity contribution in [1.29, 1.82) is 0 Å². The van der Waals surface area contributed by atoms with Gasteiger partial charge in [0.15, 0.2) is 12.4 Å². The molecule has 1 aromatic rings. The SMILES string of the molecule is COc1ccc(OC)c(/C=C/C(=O)OCC(=O)C23CC4CC(CC(C4)C2)C3)c1. The van der Waals surface area contributed by atoms with Gasteiger partial charge in [0.05, 0.1) is 14.2 Å². The Labute approximate surface area is 166 Å². The molecule has 0 atom stereocenters. The van der Waals surface area contributed by atoms with E-state index < -0.39 is 5.97 Å². The molecule has 0 unspecified atom stereocenters. The van der Waals surface area contributed by atoms with Crippen LogP contribution in [0.1, 0.15) is 44.1 Å². The normalized spacial score (nSPS) is 30.4. The van der Waals surface area contributed by atoms with E-state index in [4.69, 9.17) is 14.2 Å². The molecule has 0 spiro atoms. The molecule has 4 saturated carbocycles. The van der Waals surface area contributed by atoms with Gasteiger partial charge in [0.1, 0.15) is 11.5 Å². The molecule has 4 aliphatic rings. The van der Waals surface area contributed by atoms with E-state index in [2.05, 4.69) is 0 Å². The second-order valence-corrected chi connectivity index (χ2v) is 8.67. The van der Waals surface area contributed by atoms with Crippen molar-refractivity contribution in [2.45, 2.75) is 38.5 Å². The number of esters is 1. The minimum atomic E-state index is -0.511. The fourth-order valence-electron chi connectivity index (χ4n) is 5.92. The number of ether oxygens (including phenoxy) is 3. The third-order valence-electron chi connectivity index (χ3n) is 6.81. The predicted molar refractivity (Wildman–Crippen MR) is 105 cm³/mol. The van der Waals surface area contributed by atoms with Crippen LogP contribution in [0.2, 0.25) is 0 Å². The van der Waals surface area contributed by atoms with Crippen LogP contribution in [0.3, 0.4) is 0 Å². The van der Waals surface area contributed by atoms with Crippen molar-refractivity contribution in [2.24, 2.45) is 23.2 Å². The van der Waals surface area contributed by atoms with E-state index in [1.807, 2.05) is 0 Å². The van der Waals surface area contributed by atoms with Gasteiger partial charge < -0.3 is 14.2 Å². The van der Waals surface area contributed by atoms with Crippen molar-refractivity contribution >= 4 is 17.8 Å². The molecule has 0 aliphatic heterocycles. The van der Waals surface area contributed by atoms with Crippen LogP contribution in [0.15, 0.2) is 24.3 Å². The zero-order valence-corrected chi connectivity index (χ0v) is 16.6. The maximum Gasteiger partial charge on any atom is 0.331 e. The summed E-state index contributed by atoms with van der Waals surface area (Å²) in [6, 6.07) is 5.35. The third-order valence-corrected chi connectivity index (χ3v) is 6.81. The maximum absolute atomic E-state index is 12.9. The largest absolute Gasteiger partial charge is 0.497 e. The smallest absolute Gasteiger partial charge is 0.331 e. The average Bonchev–Trinajstić information content (AvgIpc) is 2.69. The first-order valence-corrected chi connectivity index (χ1v) is 10.1. The Kier molecular flexibility index (Phi) is 5.17. The minimum Gasteiger partial charge on any atom is -0.497 e. The molecule has 150 valence electrons. The summed E-state index contributed by atoms with van der Waals surface area (Å²) in [5.74, 6) is 3.01. The van der Waals surface area contributed by atoms with Crippen molar-refractivity contribution in [3.05, 3.63) is 29.8 Å². The van der Waals surface area contributed by atoms with Crippen molar-refractivity contribution in [1.82, 2.24) is 0 Å². The predicted octanol–water partition coefficient (Wildman–Crippen LogP) is 4.05. The molecule has 28 heavy (non-hydrogen) atoms. The van der Waals surface area contributed by atoms with Gasteiger partial charge in [-0.3, -0.25) is 4.79 Å². The minimum absolute atomic E-state index is 0.118. The van der Waals surface area contributed by atoms with Gasteiger partial charge in [-0.25, -0.2) is 4.79 Å². The van der Waals surface area contributed by atoms with E-state index in [0.717, 1.165) is 19.3 Å². The molecular formula is C23H28O5. The van der Waals surface area contributed by atoms with Crippen molar-refractivity contribution in [2.75, 3.05) is 20.8 Å². The van der Waals surface area contributed by atoms with Crippen LogP contribution in [-0.2, 0) is 14.3 Å². The van der Waals surface area contributed by atoms with E-state index >= 15 is 0 Å². The molecule has 0 amide bonds. The van der Waals surface area contributed by atoms with E-state index in [0.29, 0.717) is 34.8 Å². The summed E-state index contributed by atoms with van der Waals surface area (Å²) in [6.45, 7) is -0.120. The molecule has 5 rings (SSSR count). The lowest BCUT2D eigenvalue weighted by Crippen LogP contribution is -2.51. The lowest BCUT2D eigenvalue weighted by molar-refractivity contribution is -0.155. The molecule has 4 bridgehead atoms. The van der Waals surface area contributed by atoms with Gasteiger partial charge in [0.25, 0.3) is 0 Å². The zero-order valence-electron chi connectivity index (χ0n) is 16.6. The van der Waals surface area contributed by atoms with Crippen molar-refractivity contribution < 1.29 is 23.8 Å². The molecule has 5 nitrogen and oxygen atoms in total. The molecule has 0 radical (unpaired) electrons. The second-order valence-electron chi connectivity index (χ2n) is 8.67. The van der Waals surface area contributed by atoms with Gasteiger partial charge in [-0.15, -0.1) is 0 Å². The van der Waals surface area contributed by atoms with Gasteiger partial charge >= 0.3 is 5.97 Å². The monoisotopic (exact) mass is 384 g/mol. The number of carbonyl (C=O) groups excluding carboxylic acids is 2. The number of benzene rings is 1. The van der Waals surface area contributed by atoms with E-state index in [9.17, 15) is 9.59 Å². The standard InChI is InChI=1S/C23H28O5/c1-26-19-4-5-20(27-2)18(10-19)3-6-22(25)28-14-21(24)23-11-15-7-16(12-23)9-17(8-15)13-23/h3-6,10,15-17H,7-9,11-14H2,1-2H3/b6-3+. The third kappa shape index (κ3) is 3.67. The molecule has 0 heterocycles. The molecule has 4 aliphatic carbocycles. The summed E-state index contributed by atoms with van der Waals surface area (Å²) in [7, 11) is 3.15. The summed E-state index contributed by atoms with van der Waals surface area (Å²) in [5.41, 5.74) is 0.487. The summed E-state index contributed by atoms with van der Waals surface area (Å²) in [4.78, 5) is 25.1. The number of methoxy groups -OCH3 is 2. The lowest BCUT2D eigenvalue weighted by Gasteiger charge is -2.55. The number of ketones is 1. The Hall–Kier alpha value is -2.30. The van der Waals surface area contributed by atoms with Crippen LogP contribution in [0, 0.1) is 23.2 Å². The average molecular weight is 384 g/mol. The van der Waals surface area contributed by atoms with Gasteiger partial charge in [-0.1, -0.05) is 0 Å². The van der Waals surface area contributed by atoms with Crippen LogP contribution in [0.25, 0.3) is 6.08 Å². The molecule has 4 fully saturated rings. The van der Waals surface area contributed by atoms with Gasteiger partial charge in [-0.05, 0) is 80.6 Å². The fourth-order valence-corrected chi connectivity index (χ4v) is 5.92. The molecule has 1 aromatic carbocycles. The number of carbonyl (C=O) groups is 2. The van der Waals surface area contributed by atoms with E-state index in [1.165, 1.54) is 25.3 Å². The van der Waals surface area contributed by atoms with Crippen LogP contribution in [0.5, 0.6) is 11.5 Å². The highest BCUT2D eigenvalue weighted by Crippen LogP contribution is 2.60. The number of hydrogen-bond donors (Lipinski definition) is 0. The summed E-state index contributed by atoms with van der Waals surface area (Å²) in [6.07, 6.45) is 9.81. The highest BCUT2D eigenvalue weighted by atomic mass is 16.5. The Bertz CT molecular complexity index is 759. The molecule has 0 saturated heterocycles. The molecular weight excluding hydrogens is 356 g/mol. The van der Waals surface area contributed by atoms with Crippen LogP contribution in [0.4, 0.5) is 0 Å². The Morgan fingerprint density at radius 1 is 1.04 bits per heavy atom. The number of hydrogen-bond acceptors (Lipinski definition) is 5. The zero-order chi connectivity index (χ0) is 19.7. The Balaban J connectivity index is 1.36. The maximum atomic E-state index is 12.9. The first-order valence-electron chi connectivity index (χ1n) is 10.1. The highest BCUT2D eigenvalue weighted by Gasteiger charge is 2.54. The summed E-state index contributed by atoms with van der Waals surface area (Å²) in [5, 5.41) is 0. The van der Waals surface area contributed by atoms with Crippen LogP contribution in [-0.4, -0.2) is 32.6 Å². The lowest BCUT2D eigenvalue weighted by atomic mass is 9.48. The highest BCUT2D eigenvalue weighted by molar-refractivity contribution is 5.92. The van der Waals surface area contributed by atoms with Crippen molar-refractivity contribution in [3.8, 4) is 11.5 Å². The van der Waals surface area contributed by atoms with Gasteiger partial charge in [0, 0.05) is 17.1 Å². The first kappa shape index (κ1) is 19.0. The van der Waals surface area contributed by atoms with Crippen LogP contribution >= 0.6 is 0 Å². The summed E-state index contributed by atoms with van der Waals surface area (Å²) < 4.78 is 15.8. The second kappa shape index (κ2) is 7.61. The van der Waals surface area contributed by atoms with E-state index in [1.54, 1.807) is 38.5 Å². The Morgan fingerprint density at radius 2 is 1.68 bits per heavy atom. The quantitative estimate of drug-likeness (QED) is 0.524. The van der Waals surface area contributed by atoms with Gasteiger partial charge in [-0.2, -0.15) is 0 Å². The summed E-state index contributed by atoms with van der Waals surface area (Å²) >= 11 is 0. The first-order chi connectivity index (χ1) is 13.5. The van der Waals surface area contributed by atoms with E-state index in [-0.39, 0.29) is 17.8 Å². The number of rotatable bonds is 7. The molecule has 0 aromatic heterocycles. The van der Waals surface area contributed by atoms with Crippen LogP contribution < -0.4 is 9.47 Å². The van der Waals surface area contributed by atoms with Crippen molar-refractivity contribution in [3.63, 3.8) is 0 Å². The molecule has 0 N–H and O–H groups in total. The Morgan fingerprint density at radius 3 is 2.25 bits per heavy atom. The fraction of sp³-hybridized carbons (Fsp3) is 0.565. The molecule has 5 heteroatoms.